The number of anilines is 3. The number of hydrogen-bond acceptors (Lipinski definition) is 1. The lowest BCUT2D eigenvalue weighted by molar-refractivity contribution is 0.854. The summed E-state index contributed by atoms with van der Waals surface area (Å²) in [6.45, 7) is 10.7. The zero-order chi connectivity index (χ0) is 48.4. The van der Waals surface area contributed by atoms with Gasteiger partial charge in [0.15, 0.2) is 0 Å². The third-order valence-electron chi connectivity index (χ3n) is 14.3. The highest BCUT2D eigenvalue weighted by molar-refractivity contribution is 6.20. The van der Waals surface area contributed by atoms with Crippen LogP contribution in [0.15, 0.2) is 243 Å². The molecule has 1 heterocycles. The highest BCUT2D eigenvalue weighted by atomic mass is 15.1. The monoisotopic (exact) mass is 914 g/mol. The third kappa shape index (κ3) is 8.36. The summed E-state index contributed by atoms with van der Waals surface area (Å²) in [7, 11) is 0. The molecule has 1 unspecified atom stereocenters. The number of aromatic nitrogens is 1. The Hall–Kier alpha value is -8.46. The molecule has 0 amide bonds. The molecule has 0 fully saturated rings. The summed E-state index contributed by atoms with van der Waals surface area (Å²) >= 11 is 0. The number of para-hydroxylation sites is 2. The van der Waals surface area contributed by atoms with E-state index >= 15 is 0 Å². The second kappa shape index (κ2) is 19.5. The average Bonchev–Trinajstić information content (AvgIpc) is 3.92. The summed E-state index contributed by atoms with van der Waals surface area (Å²) in [5.74, 6) is 0.401. The van der Waals surface area contributed by atoms with E-state index in [1.165, 1.54) is 110 Å². The topological polar surface area (TPSA) is 8.17 Å². The van der Waals surface area contributed by atoms with Gasteiger partial charge in [-0.2, -0.15) is 0 Å². The molecule has 1 atom stereocenters. The Morgan fingerprint density at radius 1 is 0.465 bits per heavy atom. The molecule has 2 heteroatoms. The Morgan fingerprint density at radius 2 is 1.14 bits per heavy atom. The molecular formula is C69H58N2. The van der Waals surface area contributed by atoms with E-state index in [4.69, 9.17) is 0 Å². The van der Waals surface area contributed by atoms with Gasteiger partial charge in [-0.1, -0.05) is 201 Å². The van der Waals surface area contributed by atoms with Crippen LogP contribution in [0.25, 0.3) is 71.3 Å². The molecule has 1 aromatic heterocycles. The lowest BCUT2D eigenvalue weighted by atomic mass is 9.90. The van der Waals surface area contributed by atoms with Crippen molar-refractivity contribution in [2.45, 2.75) is 47.0 Å². The highest BCUT2D eigenvalue weighted by Gasteiger charge is 2.27. The maximum atomic E-state index is 2.46. The largest absolute Gasteiger partial charge is 0.310 e. The van der Waals surface area contributed by atoms with Gasteiger partial charge in [-0.3, -0.25) is 0 Å². The van der Waals surface area contributed by atoms with Crippen LogP contribution in [0.2, 0.25) is 0 Å². The Bertz CT molecular complexity index is 3830. The molecule has 0 saturated heterocycles. The molecule has 0 aliphatic heterocycles. The van der Waals surface area contributed by atoms with Crippen molar-refractivity contribution in [3.63, 3.8) is 0 Å². The quantitative estimate of drug-likeness (QED) is 0.155. The van der Waals surface area contributed by atoms with Crippen molar-refractivity contribution >= 4 is 71.6 Å². The van der Waals surface area contributed by atoms with Gasteiger partial charge in [0.1, 0.15) is 0 Å². The maximum absolute atomic E-state index is 2.46. The molecule has 0 saturated carbocycles. The fourth-order valence-electron chi connectivity index (χ4n) is 10.8. The molecule has 0 radical (unpaired) electrons. The summed E-state index contributed by atoms with van der Waals surface area (Å²) in [6.07, 6.45) is 9.93. The molecule has 10 aromatic carbocycles. The lowest BCUT2D eigenvalue weighted by Gasteiger charge is -2.28. The molecule has 0 N–H and O–H groups in total. The first-order valence-corrected chi connectivity index (χ1v) is 25.2. The molecular weight excluding hydrogens is 857 g/mol. The third-order valence-corrected chi connectivity index (χ3v) is 14.3. The van der Waals surface area contributed by atoms with Crippen LogP contribution in [0.4, 0.5) is 17.1 Å². The van der Waals surface area contributed by atoms with Crippen molar-refractivity contribution in [3.8, 4) is 16.8 Å². The lowest BCUT2D eigenvalue weighted by Crippen LogP contribution is -2.11. The first-order chi connectivity index (χ1) is 35.0. The average molecular weight is 915 g/mol. The predicted molar refractivity (Wildman–Crippen MR) is 307 cm³/mol. The van der Waals surface area contributed by atoms with Crippen molar-refractivity contribution in [1.82, 2.24) is 4.57 Å². The summed E-state index contributed by atoms with van der Waals surface area (Å²) in [5.41, 5.74) is 19.9. The molecule has 13 rings (SSSR count). The summed E-state index contributed by atoms with van der Waals surface area (Å²) in [6, 6.07) is 80.1. The van der Waals surface area contributed by atoms with E-state index in [1.807, 2.05) is 32.0 Å². The molecule has 2 aliphatic carbocycles. The van der Waals surface area contributed by atoms with Crippen molar-refractivity contribution in [2.75, 3.05) is 4.90 Å². The Labute approximate surface area is 418 Å². The van der Waals surface area contributed by atoms with Crippen LogP contribution in [0.5, 0.6) is 0 Å². The van der Waals surface area contributed by atoms with Gasteiger partial charge in [-0.25, -0.2) is 0 Å². The molecule has 0 spiro atoms. The van der Waals surface area contributed by atoms with E-state index < -0.39 is 0 Å². The standard InChI is InChI=1S/C60H44N2.C7H8.C2H6/c1-39-24-25-45(46-29-33-52-51-20-11-12-23-56(51)62(58(52)38-46)47-18-7-4-8-19-47)37-55(39)59-40(2)50-34-35-57(53-21-13-22-54(59)60(50)53)61(49-32-28-42-16-9-10-17-44(42)36-49)48-30-26-43(27-31-48)41-14-5-3-6-15-41;1-7-5-3-2-4-6-7;1-2/h3-14,16-38,41H,15H2,1-2H3;2-6H,1H3;1-2H3. The summed E-state index contributed by atoms with van der Waals surface area (Å²) in [4.78, 5) is 2.46. The number of fused-ring (bicyclic) bond motifs is 4. The number of allylic oxidation sites excluding steroid dienone is 5. The Kier molecular flexibility index (Phi) is 12.4. The summed E-state index contributed by atoms with van der Waals surface area (Å²) < 4.78 is 2.41. The van der Waals surface area contributed by atoms with E-state index in [0.717, 1.165) is 17.8 Å². The second-order valence-corrected chi connectivity index (χ2v) is 18.6. The zero-order valence-electron chi connectivity index (χ0n) is 41.3. The predicted octanol–water partition coefficient (Wildman–Crippen LogP) is 19.4. The van der Waals surface area contributed by atoms with Gasteiger partial charge in [0, 0.05) is 39.1 Å². The van der Waals surface area contributed by atoms with Gasteiger partial charge < -0.3 is 9.47 Å². The zero-order valence-corrected chi connectivity index (χ0v) is 41.3. The number of rotatable bonds is 7. The Morgan fingerprint density at radius 3 is 1.90 bits per heavy atom. The van der Waals surface area contributed by atoms with E-state index in [2.05, 4.69) is 255 Å². The maximum Gasteiger partial charge on any atom is 0.0547 e. The first kappa shape index (κ1) is 45.0. The molecule has 0 bridgehead atoms. The number of benzene rings is 10. The second-order valence-electron chi connectivity index (χ2n) is 18.6. The van der Waals surface area contributed by atoms with Gasteiger partial charge >= 0.3 is 0 Å². The first-order valence-electron chi connectivity index (χ1n) is 25.2. The minimum Gasteiger partial charge on any atom is -0.310 e. The van der Waals surface area contributed by atoms with E-state index in [1.54, 1.807) is 0 Å². The van der Waals surface area contributed by atoms with Crippen molar-refractivity contribution in [3.05, 3.63) is 276 Å². The van der Waals surface area contributed by atoms with E-state index in [-0.39, 0.29) is 0 Å². The number of aryl methyl sites for hydroxylation is 2. The van der Waals surface area contributed by atoms with E-state index in [0.29, 0.717) is 5.92 Å². The van der Waals surface area contributed by atoms with Crippen LogP contribution in [0.1, 0.15) is 66.5 Å². The van der Waals surface area contributed by atoms with Crippen molar-refractivity contribution < 1.29 is 0 Å². The van der Waals surface area contributed by atoms with Crippen LogP contribution in [-0.4, -0.2) is 4.57 Å². The molecule has 344 valence electrons. The van der Waals surface area contributed by atoms with Gasteiger partial charge in [0.05, 0.1) is 16.7 Å². The van der Waals surface area contributed by atoms with Crippen LogP contribution in [-0.2, 0) is 0 Å². The van der Waals surface area contributed by atoms with Gasteiger partial charge in [0.25, 0.3) is 0 Å². The highest BCUT2D eigenvalue weighted by Crippen LogP contribution is 2.50. The fraction of sp³-hybridized carbons (Fsp3) is 0.101. The van der Waals surface area contributed by atoms with Crippen LogP contribution in [0.3, 0.4) is 0 Å². The molecule has 11 aromatic rings. The number of nitrogens with zero attached hydrogens (tertiary/aromatic N) is 2. The van der Waals surface area contributed by atoms with Crippen molar-refractivity contribution in [1.29, 1.82) is 0 Å². The van der Waals surface area contributed by atoms with Gasteiger partial charge in [-0.15, -0.1) is 0 Å². The molecule has 71 heavy (non-hydrogen) atoms. The smallest absolute Gasteiger partial charge is 0.0547 e. The minimum absolute atomic E-state index is 0.401. The number of hydrogen-bond donors (Lipinski definition) is 0. The Balaban J connectivity index is 0.000000556. The van der Waals surface area contributed by atoms with Gasteiger partial charge in [0.2, 0.25) is 0 Å². The normalized spacial score (nSPS) is 13.6. The summed E-state index contributed by atoms with van der Waals surface area (Å²) in [5, 5.41) is 7.57. The van der Waals surface area contributed by atoms with Crippen LogP contribution in [0, 0.1) is 13.8 Å². The SMILES string of the molecule is CC.CC1=C(c2cc(-c3ccc4c5ccccc5n(-c5ccccc5)c4c3)ccc2C)c2cccc3c(N(c4ccc(C5C=CC=CC5)cc4)c4ccc5ccccc5c4)ccc1c23.Cc1ccccc1. The molecule has 2 nitrogen and oxygen atoms in total. The fourth-order valence-corrected chi connectivity index (χ4v) is 10.8. The van der Waals surface area contributed by atoms with Crippen molar-refractivity contribution in [2.24, 2.45) is 0 Å². The molecule has 2 aliphatic rings. The van der Waals surface area contributed by atoms with Crippen LogP contribution < -0.4 is 4.90 Å². The minimum atomic E-state index is 0.401. The van der Waals surface area contributed by atoms with Gasteiger partial charge in [-0.05, 0) is 154 Å². The van der Waals surface area contributed by atoms with Crippen LogP contribution >= 0.6 is 0 Å². The van der Waals surface area contributed by atoms with E-state index in [9.17, 15) is 0 Å².